The van der Waals surface area contributed by atoms with Crippen molar-refractivity contribution in [3.8, 4) is 5.75 Å². The monoisotopic (exact) mass is 550 g/mol. The summed E-state index contributed by atoms with van der Waals surface area (Å²) in [7, 11) is 0. The third-order valence-electron chi connectivity index (χ3n) is 5.67. The number of hydrogen-bond donors (Lipinski definition) is 3. The molecule has 32 heavy (non-hydrogen) atoms. The van der Waals surface area contributed by atoms with Gasteiger partial charge in [-0.15, -0.1) is 0 Å². The van der Waals surface area contributed by atoms with E-state index < -0.39 is 0 Å². The molecule has 2 heterocycles. The van der Waals surface area contributed by atoms with Crippen LogP contribution in [0.2, 0.25) is 0 Å². The summed E-state index contributed by atoms with van der Waals surface area (Å²) in [5, 5.41) is 5.92. The SMILES string of the molecule is CCN(CC)CCNC(=O)c1c(C)[nH]c(/C=C2\C(=O)Nc3ccc(O[C@@H](C)I)cc32)c1C. The number of ether oxygens (including phenoxy) is 1. The first kappa shape index (κ1) is 24.3. The number of aryl methyl sites for hydroxylation is 1. The van der Waals surface area contributed by atoms with Crippen molar-refractivity contribution in [3.63, 3.8) is 0 Å². The number of nitrogens with zero attached hydrogens (tertiary/aromatic N) is 1. The van der Waals surface area contributed by atoms with Crippen LogP contribution >= 0.6 is 22.6 Å². The van der Waals surface area contributed by atoms with Crippen LogP contribution in [0.4, 0.5) is 5.69 Å². The molecule has 1 aliphatic rings. The Morgan fingerprint density at radius 3 is 2.66 bits per heavy atom. The van der Waals surface area contributed by atoms with Gasteiger partial charge in [-0.2, -0.15) is 0 Å². The highest BCUT2D eigenvalue weighted by Crippen LogP contribution is 2.36. The van der Waals surface area contributed by atoms with Gasteiger partial charge in [-0.25, -0.2) is 0 Å². The second-order valence-corrected chi connectivity index (χ2v) is 9.58. The van der Waals surface area contributed by atoms with Gasteiger partial charge in [0.05, 0.1) is 11.1 Å². The molecule has 2 amide bonds. The maximum Gasteiger partial charge on any atom is 0.256 e. The summed E-state index contributed by atoms with van der Waals surface area (Å²) in [4.78, 5) is 31.0. The molecule has 1 atom stereocenters. The molecule has 3 rings (SSSR count). The lowest BCUT2D eigenvalue weighted by molar-refractivity contribution is -0.110. The summed E-state index contributed by atoms with van der Waals surface area (Å²) in [6.07, 6.45) is 1.81. The second-order valence-electron chi connectivity index (χ2n) is 7.83. The topological polar surface area (TPSA) is 86.5 Å². The number of nitrogens with one attached hydrogen (secondary N) is 3. The van der Waals surface area contributed by atoms with Crippen LogP contribution in [-0.2, 0) is 4.79 Å². The summed E-state index contributed by atoms with van der Waals surface area (Å²) in [5.74, 6) is 0.438. The molecule has 1 aromatic heterocycles. The Morgan fingerprint density at radius 1 is 1.28 bits per heavy atom. The third kappa shape index (κ3) is 5.35. The Kier molecular flexibility index (Phi) is 8.00. The van der Waals surface area contributed by atoms with Crippen molar-refractivity contribution in [2.24, 2.45) is 0 Å². The normalized spacial score (nSPS) is 15.1. The minimum Gasteiger partial charge on any atom is -0.480 e. The zero-order valence-corrected chi connectivity index (χ0v) is 21.4. The molecule has 172 valence electrons. The van der Waals surface area contributed by atoms with Crippen molar-refractivity contribution in [1.82, 2.24) is 15.2 Å². The lowest BCUT2D eigenvalue weighted by Gasteiger charge is -2.18. The summed E-state index contributed by atoms with van der Waals surface area (Å²) >= 11 is 2.19. The molecule has 1 aromatic carbocycles. The van der Waals surface area contributed by atoms with Gasteiger partial charge in [-0.1, -0.05) is 13.8 Å². The molecule has 0 saturated heterocycles. The smallest absolute Gasteiger partial charge is 0.256 e. The molecule has 0 spiro atoms. The van der Waals surface area contributed by atoms with Crippen LogP contribution in [-0.4, -0.2) is 52.0 Å². The molecule has 0 unspecified atom stereocenters. The van der Waals surface area contributed by atoms with E-state index in [1.165, 1.54) is 0 Å². The third-order valence-corrected chi connectivity index (χ3v) is 5.93. The summed E-state index contributed by atoms with van der Waals surface area (Å²) < 4.78 is 5.79. The first-order valence-electron chi connectivity index (χ1n) is 10.9. The number of fused-ring (bicyclic) bond motifs is 1. The quantitative estimate of drug-likeness (QED) is 0.246. The van der Waals surface area contributed by atoms with E-state index in [1.54, 1.807) is 0 Å². The largest absolute Gasteiger partial charge is 0.480 e. The highest BCUT2D eigenvalue weighted by atomic mass is 127. The maximum absolute atomic E-state index is 12.8. The predicted octanol–water partition coefficient (Wildman–Crippen LogP) is 4.36. The number of carbonyl (C=O) groups is 2. The standard InChI is InChI=1S/C24H31IN4O3/c1-6-29(7-2)11-10-26-24(31)22-14(3)21(27-15(22)4)13-19-18-12-17(32-16(5)25)8-9-20(18)28-23(19)30/h8-9,12-13,16,27H,6-7,10-11H2,1-5H3,(H,26,31)(H,28,30)/b19-13-/t16-/m0/s1. The number of H-pyrrole nitrogens is 1. The van der Waals surface area contributed by atoms with Gasteiger partial charge in [0.25, 0.3) is 11.8 Å². The van der Waals surface area contributed by atoms with Gasteiger partial charge in [0.2, 0.25) is 0 Å². The van der Waals surface area contributed by atoms with Gasteiger partial charge < -0.3 is 25.3 Å². The maximum atomic E-state index is 12.8. The van der Waals surface area contributed by atoms with E-state index in [0.717, 1.165) is 47.8 Å². The van der Waals surface area contributed by atoms with Crippen LogP contribution in [0.25, 0.3) is 11.6 Å². The number of amides is 2. The molecule has 0 saturated carbocycles. The Balaban J connectivity index is 1.85. The first-order chi connectivity index (χ1) is 15.2. The van der Waals surface area contributed by atoms with E-state index in [0.29, 0.717) is 23.4 Å². The van der Waals surface area contributed by atoms with E-state index >= 15 is 0 Å². The van der Waals surface area contributed by atoms with E-state index in [9.17, 15) is 9.59 Å². The van der Waals surface area contributed by atoms with Crippen LogP contribution in [0.15, 0.2) is 18.2 Å². The van der Waals surface area contributed by atoms with Crippen molar-refractivity contribution in [3.05, 3.63) is 46.3 Å². The average Bonchev–Trinajstić information content (AvgIpc) is 3.20. The average molecular weight is 550 g/mol. The van der Waals surface area contributed by atoms with Crippen molar-refractivity contribution in [2.75, 3.05) is 31.5 Å². The van der Waals surface area contributed by atoms with E-state index in [-0.39, 0.29) is 15.9 Å². The molecule has 0 fully saturated rings. The minimum absolute atomic E-state index is 0.0132. The Hall–Kier alpha value is -2.33. The molecule has 8 heteroatoms. The number of alkyl halides is 1. The first-order valence-corrected chi connectivity index (χ1v) is 12.2. The van der Waals surface area contributed by atoms with Gasteiger partial charge in [0.15, 0.2) is 0 Å². The molecule has 3 N–H and O–H groups in total. The van der Waals surface area contributed by atoms with Crippen LogP contribution in [0.3, 0.4) is 0 Å². The lowest BCUT2D eigenvalue weighted by atomic mass is 10.0. The number of benzene rings is 1. The molecule has 1 aliphatic heterocycles. The molecule has 7 nitrogen and oxygen atoms in total. The number of aromatic amines is 1. The fourth-order valence-electron chi connectivity index (χ4n) is 3.93. The number of halogens is 1. The van der Waals surface area contributed by atoms with E-state index in [4.69, 9.17) is 4.74 Å². The second kappa shape index (κ2) is 10.5. The fourth-order valence-corrected chi connectivity index (χ4v) is 4.22. The fraction of sp³-hybridized carbons (Fsp3) is 0.417. The van der Waals surface area contributed by atoms with Gasteiger partial charge >= 0.3 is 0 Å². The minimum atomic E-state index is -0.170. The van der Waals surface area contributed by atoms with Gasteiger partial charge in [0, 0.05) is 35.7 Å². The van der Waals surface area contributed by atoms with Crippen molar-refractivity contribution in [1.29, 1.82) is 0 Å². The number of likely N-dealkylation sites (N-methyl/N-ethyl adjacent to an activating group) is 1. The summed E-state index contributed by atoms with van der Waals surface area (Å²) in [5.41, 5.74) is 5.08. The van der Waals surface area contributed by atoms with Crippen LogP contribution in [0.5, 0.6) is 5.75 Å². The van der Waals surface area contributed by atoms with Crippen molar-refractivity contribution < 1.29 is 14.3 Å². The van der Waals surface area contributed by atoms with Crippen LogP contribution < -0.4 is 15.4 Å². The van der Waals surface area contributed by atoms with E-state index in [2.05, 4.69) is 57.0 Å². The number of aromatic nitrogens is 1. The number of carbonyl (C=O) groups excluding carboxylic acids is 2. The van der Waals surface area contributed by atoms with Crippen molar-refractivity contribution in [2.45, 2.75) is 38.7 Å². The number of rotatable bonds is 9. The Labute approximate surface area is 203 Å². The summed E-state index contributed by atoms with van der Waals surface area (Å²) in [6.45, 7) is 13.3. The Morgan fingerprint density at radius 2 is 2.00 bits per heavy atom. The highest BCUT2D eigenvalue weighted by Gasteiger charge is 2.26. The van der Waals surface area contributed by atoms with Crippen molar-refractivity contribution >= 4 is 51.7 Å². The Bertz CT molecular complexity index is 1040. The highest BCUT2D eigenvalue weighted by molar-refractivity contribution is 14.1. The van der Waals surface area contributed by atoms with Gasteiger partial charge in [-0.3, -0.25) is 9.59 Å². The molecule has 0 aliphatic carbocycles. The molecular weight excluding hydrogens is 519 g/mol. The summed E-state index contributed by atoms with van der Waals surface area (Å²) in [6, 6.07) is 5.58. The lowest BCUT2D eigenvalue weighted by Crippen LogP contribution is -2.35. The van der Waals surface area contributed by atoms with Crippen LogP contribution in [0, 0.1) is 13.8 Å². The zero-order valence-electron chi connectivity index (χ0n) is 19.3. The molecule has 0 radical (unpaired) electrons. The number of anilines is 1. The van der Waals surface area contributed by atoms with Crippen LogP contribution in [0.1, 0.15) is 53.6 Å². The predicted molar refractivity (Wildman–Crippen MR) is 137 cm³/mol. The van der Waals surface area contributed by atoms with Gasteiger partial charge in [0.1, 0.15) is 9.86 Å². The van der Waals surface area contributed by atoms with E-state index in [1.807, 2.05) is 45.0 Å². The zero-order chi connectivity index (χ0) is 23.4. The molecule has 2 aromatic rings. The number of hydrogen-bond acceptors (Lipinski definition) is 4. The molecular formula is C24H31IN4O3. The van der Waals surface area contributed by atoms with Gasteiger partial charge in [-0.05, 0) is 86.3 Å². The molecule has 0 bridgehead atoms.